The van der Waals surface area contributed by atoms with Gasteiger partial charge < -0.3 is 14.4 Å². The standard InChI is InChI=1S/C21H30N2O5S2/c1-5-15(6-2)20(24)22-21-23(16-12-30(25,26)13-19(16)29-21)10-9-14-7-8-17(27-3)18(11-14)28-4/h7-8,11,15-16,19H,5-6,9-10,12-13H2,1-4H3/t16-,19-/m0/s1. The van der Waals surface area contributed by atoms with Crippen LogP contribution in [0.15, 0.2) is 23.2 Å². The lowest BCUT2D eigenvalue weighted by Gasteiger charge is -2.25. The number of amides is 1. The molecule has 1 aromatic carbocycles. The second kappa shape index (κ2) is 9.60. The summed E-state index contributed by atoms with van der Waals surface area (Å²) in [6.45, 7) is 4.57. The molecule has 2 aliphatic rings. The summed E-state index contributed by atoms with van der Waals surface area (Å²) in [5.74, 6) is 1.39. The molecule has 3 rings (SSSR count). The maximum Gasteiger partial charge on any atom is 0.251 e. The third-order valence-corrected chi connectivity index (χ3v) is 9.05. The molecule has 9 heteroatoms. The molecule has 0 aliphatic carbocycles. The van der Waals surface area contributed by atoms with E-state index in [0.717, 1.165) is 18.4 Å². The number of thioether (sulfide) groups is 1. The highest BCUT2D eigenvalue weighted by molar-refractivity contribution is 8.15. The minimum Gasteiger partial charge on any atom is -0.493 e. The van der Waals surface area contributed by atoms with Gasteiger partial charge in [0.2, 0.25) is 0 Å². The highest BCUT2D eigenvalue weighted by Crippen LogP contribution is 2.38. The Morgan fingerprint density at radius 2 is 1.90 bits per heavy atom. The Kier molecular flexibility index (Phi) is 7.34. The lowest BCUT2D eigenvalue weighted by atomic mass is 10.0. The molecule has 1 aromatic rings. The van der Waals surface area contributed by atoms with Gasteiger partial charge in [0, 0.05) is 17.7 Å². The number of fused-ring (bicyclic) bond motifs is 1. The van der Waals surface area contributed by atoms with Gasteiger partial charge in [0.15, 0.2) is 26.5 Å². The van der Waals surface area contributed by atoms with Gasteiger partial charge in [0.25, 0.3) is 5.91 Å². The zero-order valence-corrected chi connectivity index (χ0v) is 19.6. The SMILES string of the molecule is CCC(CC)C(=O)N=C1S[C@H]2CS(=O)(=O)C[C@@H]2N1CCc1ccc(OC)c(OC)c1. The van der Waals surface area contributed by atoms with E-state index in [1.807, 2.05) is 36.9 Å². The van der Waals surface area contributed by atoms with Gasteiger partial charge in [0.05, 0.1) is 31.8 Å². The van der Waals surface area contributed by atoms with E-state index in [0.29, 0.717) is 29.6 Å². The second-order valence-electron chi connectivity index (χ2n) is 7.68. The minimum atomic E-state index is -3.06. The molecule has 0 aromatic heterocycles. The number of amidine groups is 1. The molecular weight excluding hydrogens is 424 g/mol. The summed E-state index contributed by atoms with van der Waals surface area (Å²) in [6.07, 6.45) is 2.19. The van der Waals surface area contributed by atoms with Crippen molar-refractivity contribution in [1.82, 2.24) is 4.90 Å². The summed E-state index contributed by atoms with van der Waals surface area (Å²) in [4.78, 5) is 19.1. The molecule has 0 unspecified atom stereocenters. The van der Waals surface area contributed by atoms with Crippen LogP contribution in [0.25, 0.3) is 0 Å². The van der Waals surface area contributed by atoms with Crippen LogP contribution in [-0.4, -0.2) is 68.0 Å². The molecule has 1 amide bonds. The molecule has 0 saturated carbocycles. The molecule has 166 valence electrons. The second-order valence-corrected chi connectivity index (χ2v) is 11.0. The molecule has 0 radical (unpaired) electrons. The van der Waals surface area contributed by atoms with Crippen LogP contribution in [0.1, 0.15) is 32.3 Å². The number of hydrogen-bond acceptors (Lipinski definition) is 6. The zero-order valence-electron chi connectivity index (χ0n) is 18.0. The van der Waals surface area contributed by atoms with E-state index >= 15 is 0 Å². The summed E-state index contributed by atoms with van der Waals surface area (Å²) < 4.78 is 35.0. The van der Waals surface area contributed by atoms with Gasteiger partial charge in [-0.3, -0.25) is 4.79 Å². The zero-order chi connectivity index (χ0) is 21.9. The number of aliphatic imine (C=N–C) groups is 1. The smallest absolute Gasteiger partial charge is 0.251 e. The van der Waals surface area contributed by atoms with Crippen LogP contribution < -0.4 is 9.47 Å². The summed E-state index contributed by atoms with van der Waals surface area (Å²) >= 11 is 1.44. The van der Waals surface area contributed by atoms with Gasteiger partial charge in [-0.15, -0.1) is 0 Å². The predicted octanol–water partition coefficient (Wildman–Crippen LogP) is 2.78. The van der Waals surface area contributed by atoms with E-state index < -0.39 is 9.84 Å². The molecule has 2 fully saturated rings. The van der Waals surface area contributed by atoms with Crippen molar-refractivity contribution in [3.8, 4) is 11.5 Å². The van der Waals surface area contributed by atoms with Crippen LogP contribution >= 0.6 is 11.8 Å². The van der Waals surface area contributed by atoms with Crippen LogP contribution in [0.3, 0.4) is 0 Å². The first-order valence-electron chi connectivity index (χ1n) is 10.3. The van der Waals surface area contributed by atoms with Gasteiger partial charge in [-0.05, 0) is 37.0 Å². The summed E-state index contributed by atoms with van der Waals surface area (Å²) in [7, 11) is 0.137. The summed E-state index contributed by atoms with van der Waals surface area (Å²) in [5.41, 5.74) is 1.05. The molecule has 0 bridgehead atoms. The average Bonchev–Trinajstić information content (AvgIpc) is 3.17. The molecule has 7 nitrogen and oxygen atoms in total. The lowest BCUT2D eigenvalue weighted by Crippen LogP contribution is -2.39. The number of rotatable bonds is 8. The van der Waals surface area contributed by atoms with Crippen LogP contribution in [-0.2, 0) is 21.1 Å². The third-order valence-electron chi connectivity index (χ3n) is 5.80. The Balaban J connectivity index is 1.81. The number of hydrogen-bond donors (Lipinski definition) is 0. The molecule has 2 heterocycles. The van der Waals surface area contributed by atoms with Gasteiger partial charge in [-0.2, -0.15) is 4.99 Å². The normalized spacial score (nSPS) is 23.8. The van der Waals surface area contributed by atoms with Gasteiger partial charge in [-0.25, -0.2) is 8.42 Å². The van der Waals surface area contributed by atoms with Gasteiger partial charge in [-0.1, -0.05) is 31.7 Å². The van der Waals surface area contributed by atoms with Crippen LogP contribution in [0.4, 0.5) is 0 Å². The number of benzene rings is 1. The van der Waals surface area contributed by atoms with Crippen molar-refractivity contribution in [2.45, 2.75) is 44.4 Å². The monoisotopic (exact) mass is 454 g/mol. The minimum absolute atomic E-state index is 0.0614. The van der Waals surface area contributed by atoms with E-state index in [2.05, 4.69) is 4.99 Å². The first-order valence-corrected chi connectivity index (χ1v) is 13.0. The van der Waals surface area contributed by atoms with Crippen molar-refractivity contribution in [2.75, 3.05) is 32.3 Å². The molecule has 0 spiro atoms. The molecule has 0 N–H and O–H groups in total. The fraction of sp³-hybridized carbons (Fsp3) is 0.619. The molecule has 2 atom stereocenters. The van der Waals surface area contributed by atoms with Crippen molar-refractivity contribution in [1.29, 1.82) is 0 Å². The van der Waals surface area contributed by atoms with E-state index in [1.165, 1.54) is 11.8 Å². The first-order chi connectivity index (χ1) is 14.3. The van der Waals surface area contributed by atoms with E-state index in [4.69, 9.17) is 9.47 Å². The van der Waals surface area contributed by atoms with Gasteiger partial charge >= 0.3 is 0 Å². The maximum atomic E-state index is 12.6. The van der Waals surface area contributed by atoms with Gasteiger partial charge in [0.1, 0.15) is 0 Å². The fourth-order valence-corrected chi connectivity index (χ4v) is 7.99. The highest BCUT2D eigenvalue weighted by Gasteiger charge is 2.48. The number of carbonyl (C=O) groups is 1. The Hall–Kier alpha value is -1.74. The van der Waals surface area contributed by atoms with E-state index in [1.54, 1.807) is 14.2 Å². The van der Waals surface area contributed by atoms with Crippen molar-refractivity contribution in [3.63, 3.8) is 0 Å². The van der Waals surface area contributed by atoms with Crippen molar-refractivity contribution in [2.24, 2.45) is 10.9 Å². The van der Waals surface area contributed by atoms with Crippen molar-refractivity contribution in [3.05, 3.63) is 23.8 Å². The highest BCUT2D eigenvalue weighted by atomic mass is 32.2. The molecular formula is C21H30N2O5S2. The lowest BCUT2D eigenvalue weighted by molar-refractivity contribution is -0.121. The largest absolute Gasteiger partial charge is 0.493 e. The number of ether oxygens (including phenoxy) is 2. The first kappa shape index (κ1) is 22.9. The maximum absolute atomic E-state index is 12.6. The Bertz CT molecular complexity index is 912. The fourth-order valence-electron chi connectivity index (χ4n) is 4.01. The Labute approximate surface area is 183 Å². The number of carbonyl (C=O) groups excluding carboxylic acids is 1. The quantitative estimate of drug-likeness (QED) is 0.597. The Morgan fingerprint density at radius 3 is 2.53 bits per heavy atom. The summed E-state index contributed by atoms with van der Waals surface area (Å²) in [6, 6.07) is 5.63. The number of sulfone groups is 1. The van der Waals surface area contributed by atoms with Crippen LogP contribution in [0, 0.1) is 5.92 Å². The number of nitrogens with zero attached hydrogens (tertiary/aromatic N) is 2. The van der Waals surface area contributed by atoms with Crippen LogP contribution in [0.2, 0.25) is 0 Å². The van der Waals surface area contributed by atoms with E-state index in [9.17, 15) is 13.2 Å². The molecule has 2 saturated heterocycles. The summed E-state index contributed by atoms with van der Waals surface area (Å²) in [5, 5.41) is 0.603. The van der Waals surface area contributed by atoms with E-state index in [-0.39, 0.29) is 34.6 Å². The molecule has 30 heavy (non-hydrogen) atoms. The number of methoxy groups -OCH3 is 2. The topological polar surface area (TPSA) is 85.3 Å². The van der Waals surface area contributed by atoms with Crippen molar-refractivity contribution < 1.29 is 22.7 Å². The predicted molar refractivity (Wildman–Crippen MR) is 120 cm³/mol. The van der Waals surface area contributed by atoms with Crippen molar-refractivity contribution >= 4 is 32.7 Å². The average molecular weight is 455 g/mol. The molecule has 2 aliphatic heterocycles. The van der Waals surface area contributed by atoms with Crippen LogP contribution in [0.5, 0.6) is 11.5 Å². The Morgan fingerprint density at radius 1 is 1.20 bits per heavy atom. The third kappa shape index (κ3) is 4.94.